The first-order chi connectivity index (χ1) is 3.81. The van der Waals surface area contributed by atoms with Crippen molar-refractivity contribution in [1.29, 1.82) is 0 Å². The summed E-state index contributed by atoms with van der Waals surface area (Å²) in [5.41, 5.74) is 0. The zero-order valence-electron chi connectivity index (χ0n) is 5.48. The van der Waals surface area contributed by atoms with Crippen LogP contribution in [-0.2, 0) is 4.74 Å². The van der Waals surface area contributed by atoms with Crippen molar-refractivity contribution in [2.24, 2.45) is 0 Å². The van der Waals surface area contributed by atoms with Crippen LogP contribution in [0.2, 0.25) is 0 Å². The number of rotatable bonds is 3. The highest BCUT2D eigenvalue weighted by Crippen LogP contribution is 1.97. The summed E-state index contributed by atoms with van der Waals surface area (Å²) in [5, 5.41) is 0. The normalized spacial score (nSPS) is 9.75. The van der Waals surface area contributed by atoms with Gasteiger partial charge < -0.3 is 4.74 Å². The van der Waals surface area contributed by atoms with Gasteiger partial charge in [-0.2, -0.15) is 0 Å². The van der Waals surface area contributed by atoms with Gasteiger partial charge in [-0.3, -0.25) is 0 Å². The highest BCUT2D eigenvalue weighted by atomic mass is 16.5. The highest BCUT2D eigenvalue weighted by molar-refractivity contribution is 4.84. The van der Waals surface area contributed by atoms with E-state index in [1.54, 1.807) is 6.26 Å². The lowest BCUT2D eigenvalue weighted by molar-refractivity contribution is 0.339. The molecule has 8 heavy (non-hydrogen) atoms. The zero-order valence-corrected chi connectivity index (χ0v) is 5.48. The quantitative estimate of drug-likeness (QED) is 0.509. The molecule has 0 amide bonds. The smallest absolute Gasteiger partial charge is 0.0957 e. The molecule has 1 heteroatoms. The Bertz CT molecular complexity index is 92.6. The largest absolute Gasteiger partial charge is 0.470 e. The van der Waals surface area contributed by atoms with Crippen molar-refractivity contribution < 1.29 is 4.74 Å². The third kappa shape index (κ3) is 3.47. The van der Waals surface area contributed by atoms with E-state index in [4.69, 9.17) is 4.74 Å². The molecule has 0 aromatic rings. The van der Waals surface area contributed by atoms with Crippen LogP contribution in [0.4, 0.5) is 0 Å². The van der Waals surface area contributed by atoms with Gasteiger partial charge in [0.25, 0.3) is 0 Å². The average Bonchev–Trinajstić information content (AvgIpc) is 1.83. The molecule has 0 fully saturated rings. The van der Waals surface area contributed by atoms with Crippen LogP contribution in [0.25, 0.3) is 0 Å². The van der Waals surface area contributed by atoms with Gasteiger partial charge in [-0.15, -0.1) is 0 Å². The van der Waals surface area contributed by atoms with E-state index >= 15 is 0 Å². The fourth-order valence-electron chi connectivity index (χ4n) is 0.248. The Morgan fingerprint density at radius 1 is 1.75 bits per heavy atom. The van der Waals surface area contributed by atoms with E-state index < -0.39 is 0 Å². The maximum Gasteiger partial charge on any atom is 0.0957 e. The van der Waals surface area contributed by atoms with E-state index in [0.29, 0.717) is 0 Å². The molecule has 0 N–H and O–H groups in total. The maximum atomic E-state index is 4.97. The average molecular weight is 112 g/mol. The molecule has 0 radical (unpaired) electrons. The molecule has 0 aromatic carbocycles. The SMILES string of the molecule is C=C(CC)OC=CC. The minimum absolute atomic E-state index is 0.808. The van der Waals surface area contributed by atoms with Gasteiger partial charge in [-0.25, -0.2) is 0 Å². The van der Waals surface area contributed by atoms with Gasteiger partial charge in [0.05, 0.1) is 12.0 Å². The van der Waals surface area contributed by atoms with E-state index in [-0.39, 0.29) is 0 Å². The Balaban J connectivity index is 3.25. The van der Waals surface area contributed by atoms with Gasteiger partial charge >= 0.3 is 0 Å². The molecule has 0 spiro atoms. The molecule has 46 valence electrons. The van der Waals surface area contributed by atoms with Gasteiger partial charge in [0, 0.05) is 6.42 Å². The summed E-state index contributed by atoms with van der Waals surface area (Å²) in [7, 11) is 0. The first-order valence-electron chi connectivity index (χ1n) is 2.76. The lowest BCUT2D eigenvalue weighted by atomic mass is 10.4. The van der Waals surface area contributed by atoms with E-state index in [1.807, 2.05) is 19.9 Å². The second kappa shape index (κ2) is 4.44. The second-order valence-corrected chi connectivity index (χ2v) is 1.48. The van der Waals surface area contributed by atoms with Crippen molar-refractivity contribution in [3.63, 3.8) is 0 Å². The monoisotopic (exact) mass is 112 g/mol. The number of hydrogen-bond acceptors (Lipinski definition) is 1. The molecule has 0 bridgehead atoms. The molecule has 0 atom stereocenters. The summed E-state index contributed by atoms with van der Waals surface area (Å²) in [5.74, 6) is 0.808. The summed E-state index contributed by atoms with van der Waals surface area (Å²) >= 11 is 0. The van der Waals surface area contributed by atoms with Crippen LogP contribution < -0.4 is 0 Å². The summed E-state index contributed by atoms with van der Waals surface area (Å²) < 4.78 is 4.97. The first kappa shape index (κ1) is 7.28. The standard InChI is InChI=1S/C7H12O/c1-4-6-8-7(3)5-2/h4,6H,3,5H2,1-2H3. The molecule has 0 aromatic heterocycles. The van der Waals surface area contributed by atoms with E-state index in [0.717, 1.165) is 12.2 Å². The van der Waals surface area contributed by atoms with Crippen LogP contribution in [-0.4, -0.2) is 0 Å². The molecular weight excluding hydrogens is 100 g/mol. The van der Waals surface area contributed by atoms with Crippen LogP contribution in [0.3, 0.4) is 0 Å². The van der Waals surface area contributed by atoms with Crippen LogP contribution in [0.15, 0.2) is 24.7 Å². The molecule has 0 unspecified atom stereocenters. The van der Waals surface area contributed by atoms with E-state index in [9.17, 15) is 0 Å². The van der Waals surface area contributed by atoms with Crippen LogP contribution in [0, 0.1) is 0 Å². The molecular formula is C7H12O. The first-order valence-corrected chi connectivity index (χ1v) is 2.76. The third-order valence-electron chi connectivity index (χ3n) is 0.765. The van der Waals surface area contributed by atoms with Crippen molar-refractivity contribution in [3.05, 3.63) is 24.7 Å². The van der Waals surface area contributed by atoms with E-state index in [2.05, 4.69) is 6.58 Å². The molecule has 0 aliphatic heterocycles. The summed E-state index contributed by atoms with van der Waals surface area (Å²) in [4.78, 5) is 0. The minimum atomic E-state index is 0.808. The number of ether oxygens (including phenoxy) is 1. The molecule has 0 aliphatic rings. The third-order valence-corrected chi connectivity index (χ3v) is 0.765. The predicted molar refractivity (Wildman–Crippen MR) is 35.3 cm³/mol. The molecule has 0 heterocycles. The lowest BCUT2D eigenvalue weighted by Gasteiger charge is -1.96. The molecule has 0 aliphatic carbocycles. The van der Waals surface area contributed by atoms with Crippen LogP contribution in [0.5, 0.6) is 0 Å². The Kier molecular flexibility index (Phi) is 4.04. The van der Waals surface area contributed by atoms with Gasteiger partial charge in [-0.05, 0) is 6.92 Å². The van der Waals surface area contributed by atoms with Crippen LogP contribution in [0.1, 0.15) is 20.3 Å². The van der Waals surface area contributed by atoms with Crippen molar-refractivity contribution in [2.45, 2.75) is 20.3 Å². The Hall–Kier alpha value is -0.720. The molecule has 0 saturated carbocycles. The Labute approximate surface area is 50.7 Å². The van der Waals surface area contributed by atoms with Gasteiger partial charge in [0.15, 0.2) is 0 Å². The molecule has 0 rings (SSSR count). The summed E-state index contributed by atoms with van der Waals surface area (Å²) in [6, 6.07) is 0. The van der Waals surface area contributed by atoms with Crippen LogP contribution >= 0.6 is 0 Å². The van der Waals surface area contributed by atoms with Crippen molar-refractivity contribution in [1.82, 2.24) is 0 Å². The number of allylic oxidation sites excluding steroid dienone is 2. The minimum Gasteiger partial charge on any atom is -0.470 e. The van der Waals surface area contributed by atoms with Crippen molar-refractivity contribution >= 4 is 0 Å². The van der Waals surface area contributed by atoms with Gasteiger partial charge in [0.1, 0.15) is 0 Å². The lowest BCUT2D eigenvalue weighted by Crippen LogP contribution is -1.77. The zero-order chi connectivity index (χ0) is 6.41. The van der Waals surface area contributed by atoms with E-state index in [1.165, 1.54) is 0 Å². The Morgan fingerprint density at radius 3 is 2.75 bits per heavy atom. The summed E-state index contributed by atoms with van der Waals surface area (Å²) in [6.45, 7) is 7.55. The maximum absolute atomic E-state index is 4.97. The molecule has 1 nitrogen and oxygen atoms in total. The predicted octanol–water partition coefficient (Wildman–Crippen LogP) is 2.46. The van der Waals surface area contributed by atoms with Crippen molar-refractivity contribution in [3.8, 4) is 0 Å². The topological polar surface area (TPSA) is 9.23 Å². The number of hydrogen-bond donors (Lipinski definition) is 0. The van der Waals surface area contributed by atoms with Gasteiger partial charge in [0.2, 0.25) is 0 Å². The fourth-order valence-corrected chi connectivity index (χ4v) is 0.248. The Morgan fingerprint density at radius 2 is 2.38 bits per heavy atom. The van der Waals surface area contributed by atoms with Gasteiger partial charge in [-0.1, -0.05) is 19.6 Å². The molecule has 0 saturated heterocycles. The second-order valence-electron chi connectivity index (χ2n) is 1.48. The highest BCUT2D eigenvalue weighted by Gasteiger charge is 1.81. The fraction of sp³-hybridized carbons (Fsp3) is 0.429. The van der Waals surface area contributed by atoms with Crippen molar-refractivity contribution in [2.75, 3.05) is 0 Å². The summed E-state index contributed by atoms with van der Waals surface area (Å²) in [6.07, 6.45) is 4.34.